The Hall–Kier alpha value is -3.29. The number of aromatic carboxylic acids is 1. The molecule has 0 saturated heterocycles. The van der Waals surface area contributed by atoms with Crippen molar-refractivity contribution in [3.8, 4) is 22.6 Å². The van der Waals surface area contributed by atoms with Crippen LogP contribution in [-0.4, -0.2) is 39.9 Å². The molecule has 0 fully saturated rings. The van der Waals surface area contributed by atoms with Gasteiger partial charge in [0, 0.05) is 5.56 Å². The van der Waals surface area contributed by atoms with Gasteiger partial charge >= 0.3 is 5.97 Å². The minimum Gasteiger partial charge on any atom is -0.493 e. The number of aromatic nitrogens is 3. The minimum absolute atomic E-state index is 0.0111. The lowest BCUT2D eigenvalue weighted by Gasteiger charge is -2.11. The van der Waals surface area contributed by atoms with Crippen LogP contribution < -0.4 is 15.2 Å². The average Bonchev–Trinajstić information content (AvgIpc) is 2.92. The molecule has 0 saturated carbocycles. The average molecular weight is 314 g/mol. The van der Waals surface area contributed by atoms with Crippen LogP contribution in [0.5, 0.6) is 11.5 Å². The molecule has 8 heteroatoms. The Morgan fingerprint density at radius 3 is 2.57 bits per heavy atom. The van der Waals surface area contributed by atoms with Gasteiger partial charge in [0.15, 0.2) is 22.8 Å². The van der Waals surface area contributed by atoms with Gasteiger partial charge in [-0.2, -0.15) is 4.98 Å². The maximum Gasteiger partial charge on any atom is 0.355 e. The molecule has 8 nitrogen and oxygen atoms in total. The van der Waals surface area contributed by atoms with Gasteiger partial charge in [-0.15, -0.1) is 5.10 Å². The third-order valence-electron chi connectivity index (χ3n) is 3.41. The monoisotopic (exact) mass is 314 g/mol. The third kappa shape index (κ3) is 2.39. The van der Waals surface area contributed by atoms with Gasteiger partial charge in [0.25, 0.3) is 0 Å². The standard InChI is InChI=1S/C15H14N4O4/c1-22-10-5-3-8(7-11(10)23-2)9-4-6-12-17-15(16)18-19(12)13(9)14(20)21/h3-7H,1-2H3,(H2,16,18)(H,20,21). The van der Waals surface area contributed by atoms with Gasteiger partial charge in [-0.3, -0.25) is 0 Å². The second kappa shape index (κ2) is 5.48. The number of carboxylic acid groups (broad SMARTS) is 1. The Bertz CT molecular complexity index is 904. The van der Waals surface area contributed by atoms with Crippen molar-refractivity contribution in [1.29, 1.82) is 0 Å². The summed E-state index contributed by atoms with van der Waals surface area (Å²) in [4.78, 5) is 15.7. The molecule has 0 aliphatic carbocycles. The summed E-state index contributed by atoms with van der Waals surface area (Å²) in [5, 5.41) is 13.5. The molecule has 3 N–H and O–H groups in total. The number of fused-ring (bicyclic) bond motifs is 1. The summed E-state index contributed by atoms with van der Waals surface area (Å²) in [7, 11) is 3.05. The van der Waals surface area contributed by atoms with Crippen LogP contribution in [0.3, 0.4) is 0 Å². The summed E-state index contributed by atoms with van der Waals surface area (Å²) >= 11 is 0. The fourth-order valence-electron chi connectivity index (χ4n) is 2.41. The molecule has 23 heavy (non-hydrogen) atoms. The number of carboxylic acids is 1. The zero-order valence-corrected chi connectivity index (χ0v) is 12.5. The van der Waals surface area contributed by atoms with Crippen molar-refractivity contribution in [1.82, 2.24) is 14.6 Å². The van der Waals surface area contributed by atoms with E-state index in [2.05, 4.69) is 10.1 Å². The Kier molecular flexibility index (Phi) is 3.49. The maximum atomic E-state index is 11.7. The van der Waals surface area contributed by atoms with Crippen molar-refractivity contribution in [2.24, 2.45) is 0 Å². The SMILES string of the molecule is COc1ccc(-c2ccc3nc(N)nn3c2C(=O)O)cc1OC. The molecular weight excluding hydrogens is 300 g/mol. The van der Waals surface area contributed by atoms with E-state index in [0.717, 1.165) is 0 Å². The second-order valence-corrected chi connectivity index (χ2v) is 4.71. The van der Waals surface area contributed by atoms with Crippen molar-refractivity contribution >= 4 is 17.6 Å². The summed E-state index contributed by atoms with van der Waals surface area (Å²) < 4.78 is 11.7. The summed E-state index contributed by atoms with van der Waals surface area (Å²) in [6, 6.07) is 8.47. The number of pyridine rings is 1. The summed E-state index contributed by atoms with van der Waals surface area (Å²) in [6.07, 6.45) is 0. The van der Waals surface area contributed by atoms with Crippen molar-refractivity contribution in [2.75, 3.05) is 20.0 Å². The number of methoxy groups -OCH3 is 2. The molecule has 0 aliphatic heterocycles. The molecule has 3 rings (SSSR count). The number of anilines is 1. The zero-order valence-electron chi connectivity index (χ0n) is 12.5. The number of nitrogens with zero attached hydrogens (tertiary/aromatic N) is 3. The van der Waals surface area contributed by atoms with Gasteiger partial charge in [-0.25, -0.2) is 9.31 Å². The van der Waals surface area contributed by atoms with Crippen LogP contribution in [0.2, 0.25) is 0 Å². The molecule has 0 bridgehead atoms. The number of carbonyl (C=O) groups is 1. The highest BCUT2D eigenvalue weighted by Gasteiger charge is 2.19. The molecule has 118 valence electrons. The fourth-order valence-corrected chi connectivity index (χ4v) is 2.41. The molecule has 2 heterocycles. The van der Waals surface area contributed by atoms with Gasteiger partial charge in [0.2, 0.25) is 5.95 Å². The molecule has 0 atom stereocenters. The number of hydrogen-bond acceptors (Lipinski definition) is 6. The molecule has 0 unspecified atom stereocenters. The lowest BCUT2D eigenvalue weighted by Crippen LogP contribution is -2.09. The number of nitrogen functional groups attached to an aromatic ring is 1. The second-order valence-electron chi connectivity index (χ2n) is 4.71. The Labute approximate surface area is 131 Å². The first-order valence-electron chi connectivity index (χ1n) is 6.66. The Balaban J connectivity index is 2.27. The predicted molar refractivity (Wildman–Crippen MR) is 82.9 cm³/mol. The van der Waals surface area contributed by atoms with Crippen molar-refractivity contribution in [3.63, 3.8) is 0 Å². The highest BCUT2D eigenvalue weighted by Crippen LogP contribution is 2.33. The van der Waals surface area contributed by atoms with Crippen LogP contribution in [0.1, 0.15) is 10.5 Å². The van der Waals surface area contributed by atoms with Crippen molar-refractivity contribution < 1.29 is 19.4 Å². The summed E-state index contributed by atoms with van der Waals surface area (Å²) in [5.41, 5.74) is 7.01. The van der Waals surface area contributed by atoms with E-state index in [1.165, 1.54) is 18.7 Å². The predicted octanol–water partition coefficient (Wildman–Crippen LogP) is 1.69. The highest BCUT2D eigenvalue weighted by molar-refractivity contribution is 5.95. The normalized spacial score (nSPS) is 10.7. The maximum absolute atomic E-state index is 11.7. The van der Waals surface area contributed by atoms with Gasteiger partial charge in [-0.05, 0) is 29.8 Å². The smallest absolute Gasteiger partial charge is 0.355 e. The van der Waals surface area contributed by atoms with E-state index in [1.54, 1.807) is 30.3 Å². The quantitative estimate of drug-likeness (QED) is 0.753. The van der Waals surface area contributed by atoms with E-state index >= 15 is 0 Å². The highest BCUT2D eigenvalue weighted by atomic mass is 16.5. The molecule has 2 aromatic heterocycles. The van der Waals surface area contributed by atoms with Gasteiger partial charge < -0.3 is 20.3 Å². The number of ether oxygens (including phenoxy) is 2. The summed E-state index contributed by atoms with van der Waals surface area (Å²) in [5.74, 6) is -0.0685. The first-order valence-corrected chi connectivity index (χ1v) is 6.66. The van der Waals surface area contributed by atoms with Crippen LogP contribution in [0.4, 0.5) is 5.95 Å². The third-order valence-corrected chi connectivity index (χ3v) is 3.41. The molecule has 0 amide bonds. The molecule has 3 aromatic rings. The van der Waals surface area contributed by atoms with Gasteiger partial charge in [0.05, 0.1) is 14.2 Å². The van der Waals surface area contributed by atoms with E-state index in [4.69, 9.17) is 15.2 Å². The van der Waals surface area contributed by atoms with E-state index in [-0.39, 0.29) is 11.6 Å². The summed E-state index contributed by atoms with van der Waals surface area (Å²) in [6.45, 7) is 0. The van der Waals surface area contributed by atoms with Crippen molar-refractivity contribution in [3.05, 3.63) is 36.0 Å². The van der Waals surface area contributed by atoms with Crippen LogP contribution in [0.15, 0.2) is 30.3 Å². The van der Waals surface area contributed by atoms with Gasteiger partial charge in [0.1, 0.15) is 0 Å². The number of benzene rings is 1. The van der Waals surface area contributed by atoms with Crippen LogP contribution in [0, 0.1) is 0 Å². The first kappa shape index (κ1) is 14.6. The van der Waals surface area contributed by atoms with Crippen LogP contribution in [-0.2, 0) is 0 Å². The van der Waals surface area contributed by atoms with Gasteiger partial charge in [-0.1, -0.05) is 6.07 Å². The fraction of sp³-hybridized carbons (Fsp3) is 0.133. The molecular formula is C15H14N4O4. The van der Waals surface area contributed by atoms with Crippen LogP contribution in [0.25, 0.3) is 16.8 Å². The zero-order chi connectivity index (χ0) is 16.6. The Morgan fingerprint density at radius 2 is 1.91 bits per heavy atom. The van der Waals surface area contributed by atoms with E-state index in [9.17, 15) is 9.90 Å². The topological polar surface area (TPSA) is 112 Å². The van der Waals surface area contributed by atoms with E-state index in [1.807, 2.05) is 0 Å². The first-order chi connectivity index (χ1) is 11.0. The van der Waals surface area contributed by atoms with Crippen molar-refractivity contribution in [2.45, 2.75) is 0 Å². The number of rotatable bonds is 4. The largest absolute Gasteiger partial charge is 0.493 e. The molecule has 0 radical (unpaired) electrons. The van der Waals surface area contributed by atoms with E-state index in [0.29, 0.717) is 28.3 Å². The lowest BCUT2D eigenvalue weighted by atomic mass is 10.0. The minimum atomic E-state index is -1.13. The number of hydrogen-bond donors (Lipinski definition) is 2. The van der Waals surface area contributed by atoms with Crippen LogP contribution >= 0.6 is 0 Å². The number of nitrogens with two attached hydrogens (primary N) is 1. The Morgan fingerprint density at radius 1 is 1.17 bits per heavy atom. The molecule has 0 spiro atoms. The molecule has 1 aromatic carbocycles. The molecule has 0 aliphatic rings. The van der Waals surface area contributed by atoms with E-state index < -0.39 is 5.97 Å². The lowest BCUT2D eigenvalue weighted by molar-refractivity contribution is 0.0688.